The summed E-state index contributed by atoms with van der Waals surface area (Å²) in [6.45, 7) is 2.31. The molecule has 21 heavy (non-hydrogen) atoms. The zero-order chi connectivity index (χ0) is 15.0. The number of amides is 1. The first-order valence-electron chi connectivity index (χ1n) is 6.93. The van der Waals surface area contributed by atoms with Crippen molar-refractivity contribution in [2.45, 2.75) is 19.4 Å². The minimum absolute atomic E-state index is 0.118. The van der Waals surface area contributed by atoms with Crippen LogP contribution in [0.1, 0.15) is 34.0 Å². The maximum absolute atomic E-state index is 13.4. The molecule has 1 aliphatic heterocycles. The van der Waals surface area contributed by atoms with E-state index < -0.39 is 11.9 Å². The Kier molecular flexibility index (Phi) is 3.47. The molecule has 1 aliphatic rings. The fraction of sp³-hybridized carbons (Fsp3) is 0.235. The predicted octanol–water partition coefficient (Wildman–Crippen LogP) is 3.22. The van der Waals surface area contributed by atoms with Crippen molar-refractivity contribution < 1.29 is 14.3 Å². The molecule has 1 atom stereocenters. The van der Waals surface area contributed by atoms with E-state index in [0.717, 1.165) is 5.56 Å². The number of nitrogens with zero attached hydrogens (tertiary/aromatic N) is 1. The van der Waals surface area contributed by atoms with E-state index in [-0.39, 0.29) is 5.91 Å². The number of halogens is 1. The number of aryl methyl sites for hydroxylation is 1. The largest absolute Gasteiger partial charge is 0.388 e. The highest BCUT2D eigenvalue weighted by molar-refractivity contribution is 6.07. The summed E-state index contributed by atoms with van der Waals surface area (Å²) in [5.41, 5.74) is 2.59. The highest BCUT2D eigenvalue weighted by Crippen LogP contribution is 2.35. The molecule has 3 nitrogen and oxygen atoms in total. The minimum atomic E-state index is -0.725. The fourth-order valence-electron chi connectivity index (χ4n) is 2.73. The molecule has 1 unspecified atom stereocenters. The summed E-state index contributed by atoms with van der Waals surface area (Å²) in [6, 6.07) is 11.6. The number of carbonyl (C=O) groups excluding carboxylic acids is 1. The van der Waals surface area contributed by atoms with E-state index in [0.29, 0.717) is 29.8 Å². The zero-order valence-electron chi connectivity index (χ0n) is 11.7. The van der Waals surface area contributed by atoms with Crippen LogP contribution < -0.4 is 4.90 Å². The van der Waals surface area contributed by atoms with E-state index in [9.17, 15) is 14.3 Å². The molecule has 2 aromatic carbocycles. The third-order valence-electron chi connectivity index (χ3n) is 3.89. The van der Waals surface area contributed by atoms with Gasteiger partial charge in [0.15, 0.2) is 0 Å². The van der Waals surface area contributed by atoms with Crippen LogP contribution in [0.5, 0.6) is 0 Å². The van der Waals surface area contributed by atoms with E-state index >= 15 is 0 Å². The summed E-state index contributed by atoms with van der Waals surface area (Å²) in [4.78, 5) is 14.3. The van der Waals surface area contributed by atoms with Gasteiger partial charge in [-0.25, -0.2) is 4.39 Å². The second-order valence-corrected chi connectivity index (χ2v) is 5.28. The molecule has 1 heterocycles. The minimum Gasteiger partial charge on any atom is -0.388 e. The van der Waals surface area contributed by atoms with E-state index in [2.05, 4.69) is 0 Å². The molecule has 0 saturated heterocycles. The number of carbonyl (C=O) groups is 1. The summed E-state index contributed by atoms with van der Waals surface area (Å²) >= 11 is 0. The molecule has 108 valence electrons. The number of benzene rings is 2. The Labute approximate surface area is 122 Å². The van der Waals surface area contributed by atoms with E-state index in [4.69, 9.17) is 0 Å². The van der Waals surface area contributed by atoms with Crippen LogP contribution in [0.3, 0.4) is 0 Å². The lowest BCUT2D eigenvalue weighted by Crippen LogP contribution is -2.37. The summed E-state index contributed by atoms with van der Waals surface area (Å²) in [7, 11) is 0. The third-order valence-corrected chi connectivity index (χ3v) is 3.89. The van der Waals surface area contributed by atoms with Crippen LogP contribution in [0.25, 0.3) is 0 Å². The van der Waals surface area contributed by atoms with Crippen molar-refractivity contribution in [1.82, 2.24) is 0 Å². The highest BCUT2D eigenvalue weighted by atomic mass is 19.1. The van der Waals surface area contributed by atoms with Crippen LogP contribution in [0.2, 0.25) is 0 Å². The second-order valence-electron chi connectivity index (χ2n) is 5.28. The van der Waals surface area contributed by atoms with Gasteiger partial charge in [0.1, 0.15) is 5.82 Å². The van der Waals surface area contributed by atoms with Gasteiger partial charge in [-0.1, -0.05) is 18.2 Å². The number of anilines is 1. The number of aliphatic hydroxyl groups is 1. The maximum atomic E-state index is 13.4. The van der Waals surface area contributed by atoms with E-state index in [1.165, 1.54) is 12.1 Å². The Balaban J connectivity index is 2.03. The zero-order valence-corrected chi connectivity index (χ0v) is 11.7. The molecule has 0 aliphatic carbocycles. The molecule has 0 radical (unpaired) electrons. The van der Waals surface area contributed by atoms with Gasteiger partial charge in [-0.15, -0.1) is 0 Å². The molecule has 2 aromatic rings. The van der Waals surface area contributed by atoms with Gasteiger partial charge < -0.3 is 10.0 Å². The van der Waals surface area contributed by atoms with Crippen LogP contribution in [0.15, 0.2) is 42.5 Å². The van der Waals surface area contributed by atoms with Gasteiger partial charge in [-0.2, -0.15) is 0 Å². The topological polar surface area (TPSA) is 40.5 Å². The molecule has 0 saturated carbocycles. The highest BCUT2D eigenvalue weighted by Gasteiger charge is 2.29. The quantitative estimate of drug-likeness (QED) is 0.874. The summed E-state index contributed by atoms with van der Waals surface area (Å²) in [5, 5.41) is 10.0. The first-order valence-corrected chi connectivity index (χ1v) is 6.93. The van der Waals surface area contributed by atoms with Gasteiger partial charge in [0.05, 0.1) is 6.10 Å². The lowest BCUT2D eigenvalue weighted by atomic mass is 9.97. The van der Waals surface area contributed by atoms with Gasteiger partial charge in [-0.05, 0) is 43.2 Å². The number of aliphatic hydroxyl groups excluding tert-OH is 1. The number of hydrogen-bond acceptors (Lipinski definition) is 2. The Morgan fingerprint density at radius 2 is 2.05 bits per heavy atom. The maximum Gasteiger partial charge on any atom is 0.258 e. The molecule has 0 fully saturated rings. The monoisotopic (exact) mass is 285 g/mol. The summed E-state index contributed by atoms with van der Waals surface area (Å²) in [5.74, 6) is -0.522. The smallest absolute Gasteiger partial charge is 0.258 e. The van der Waals surface area contributed by atoms with Crippen molar-refractivity contribution in [1.29, 1.82) is 0 Å². The fourth-order valence-corrected chi connectivity index (χ4v) is 2.73. The van der Waals surface area contributed by atoms with Crippen molar-refractivity contribution in [3.63, 3.8) is 0 Å². The van der Waals surface area contributed by atoms with E-state index in [1.54, 1.807) is 17.0 Å². The van der Waals surface area contributed by atoms with Gasteiger partial charge in [-0.3, -0.25) is 4.79 Å². The van der Waals surface area contributed by atoms with Crippen molar-refractivity contribution >= 4 is 11.6 Å². The van der Waals surface area contributed by atoms with Crippen LogP contribution in [-0.2, 0) is 0 Å². The van der Waals surface area contributed by atoms with Crippen LogP contribution in [0.4, 0.5) is 10.1 Å². The molecule has 0 spiro atoms. The van der Waals surface area contributed by atoms with Gasteiger partial charge in [0.25, 0.3) is 5.91 Å². The molecule has 0 aromatic heterocycles. The summed E-state index contributed by atoms with van der Waals surface area (Å²) < 4.78 is 13.4. The molecule has 1 N–H and O–H groups in total. The Morgan fingerprint density at radius 3 is 2.81 bits per heavy atom. The van der Waals surface area contributed by atoms with Crippen molar-refractivity contribution in [3.8, 4) is 0 Å². The number of rotatable bonds is 1. The van der Waals surface area contributed by atoms with Crippen LogP contribution >= 0.6 is 0 Å². The Hall–Kier alpha value is -2.20. The average molecular weight is 285 g/mol. The first kappa shape index (κ1) is 13.8. The first-order chi connectivity index (χ1) is 10.1. The van der Waals surface area contributed by atoms with Crippen LogP contribution in [-0.4, -0.2) is 17.6 Å². The molecular weight excluding hydrogens is 269 g/mol. The summed E-state index contributed by atoms with van der Waals surface area (Å²) in [6.07, 6.45) is -0.315. The van der Waals surface area contributed by atoms with Gasteiger partial charge in [0.2, 0.25) is 0 Å². The Bertz CT molecular complexity index is 699. The van der Waals surface area contributed by atoms with Crippen LogP contribution in [0, 0.1) is 12.7 Å². The number of hydrogen-bond donors (Lipinski definition) is 1. The predicted molar refractivity (Wildman–Crippen MR) is 78.8 cm³/mol. The second kappa shape index (κ2) is 5.30. The van der Waals surface area contributed by atoms with Gasteiger partial charge in [0, 0.05) is 23.4 Å². The van der Waals surface area contributed by atoms with E-state index in [1.807, 2.05) is 25.1 Å². The third kappa shape index (κ3) is 2.43. The standard InChI is InChI=1S/C17H16FNO2/c1-11-4-2-3-5-13(11)17(21)19-9-8-16(20)14-10-12(18)6-7-15(14)19/h2-7,10,16,20H,8-9H2,1H3. The van der Waals surface area contributed by atoms with Crippen molar-refractivity contribution in [3.05, 3.63) is 65.0 Å². The molecule has 1 amide bonds. The molecule has 0 bridgehead atoms. The normalized spacial score (nSPS) is 17.5. The van der Waals surface area contributed by atoms with Crippen molar-refractivity contribution in [2.75, 3.05) is 11.4 Å². The number of fused-ring (bicyclic) bond motifs is 1. The molecule has 3 rings (SSSR count). The average Bonchev–Trinajstić information content (AvgIpc) is 2.48. The van der Waals surface area contributed by atoms with Gasteiger partial charge >= 0.3 is 0 Å². The lowest BCUT2D eigenvalue weighted by Gasteiger charge is -2.32. The SMILES string of the molecule is Cc1ccccc1C(=O)N1CCC(O)c2cc(F)ccc21. The molecule has 4 heteroatoms. The Morgan fingerprint density at radius 1 is 1.29 bits per heavy atom. The van der Waals surface area contributed by atoms with Crippen molar-refractivity contribution in [2.24, 2.45) is 0 Å². The molecular formula is C17H16FNO2. The lowest BCUT2D eigenvalue weighted by molar-refractivity contribution is 0.0970.